The maximum Gasteiger partial charge on any atom is 0.414 e. The summed E-state index contributed by atoms with van der Waals surface area (Å²) in [6, 6.07) is 0.189. The molecule has 1 fully saturated rings. The molecule has 112 valence electrons. The van der Waals surface area contributed by atoms with Crippen LogP contribution in [-0.2, 0) is 6.42 Å². The van der Waals surface area contributed by atoms with E-state index in [-0.39, 0.29) is 6.04 Å². The summed E-state index contributed by atoms with van der Waals surface area (Å²) in [4.78, 5) is 6.13. The van der Waals surface area contributed by atoms with Gasteiger partial charge in [-0.2, -0.15) is 18.3 Å². The molecule has 1 aromatic heterocycles. The van der Waals surface area contributed by atoms with E-state index in [0.717, 1.165) is 18.7 Å². The van der Waals surface area contributed by atoms with Crippen molar-refractivity contribution >= 4 is 0 Å². The number of likely N-dealkylation sites (tertiary alicyclic amines) is 1. The fraction of sp³-hybridized carbons (Fsp3) is 0.833. The third kappa shape index (κ3) is 2.54. The molecule has 0 aromatic carbocycles. The first kappa shape index (κ1) is 13.8. The largest absolute Gasteiger partial charge is 0.414 e. The maximum absolute atomic E-state index is 12.5. The van der Waals surface area contributed by atoms with Crippen LogP contribution >= 0.6 is 0 Å². The molecule has 1 saturated heterocycles. The van der Waals surface area contributed by atoms with Crippen molar-refractivity contribution in [3.63, 3.8) is 0 Å². The lowest BCUT2D eigenvalue weighted by Crippen LogP contribution is -2.38. The van der Waals surface area contributed by atoms with Crippen LogP contribution in [0.5, 0.6) is 0 Å². The summed E-state index contributed by atoms with van der Waals surface area (Å²) in [6.07, 6.45) is -3.03. The van der Waals surface area contributed by atoms with Gasteiger partial charge in [0, 0.05) is 25.4 Å². The van der Waals surface area contributed by atoms with Crippen molar-refractivity contribution in [3.05, 3.63) is 12.2 Å². The number of hydrogen-bond acceptors (Lipinski definition) is 4. The molecule has 1 aromatic rings. The van der Waals surface area contributed by atoms with Crippen LogP contribution in [0.25, 0.3) is 0 Å². The number of rotatable bonds is 3. The highest BCUT2D eigenvalue weighted by atomic mass is 19.4. The number of alkyl halides is 3. The fourth-order valence-corrected chi connectivity index (χ4v) is 3.20. The number of aromatic nitrogens is 3. The van der Waals surface area contributed by atoms with Crippen LogP contribution in [0, 0.1) is 5.92 Å². The van der Waals surface area contributed by atoms with Gasteiger partial charge in [-0.15, -0.1) is 0 Å². The zero-order valence-corrected chi connectivity index (χ0v) is 10.9. The van der Waals surface area contributed by atoms with Gasteiger partial charge in [0.2, 0.25) is 0 Å². The quantitative estimate of drug-likeness (QED) is 0.903. The first-order valence-electron chi connectivity index (χ1n) is 6.80. The van der Waals surface area contributed by atoms with Crippen molar-refractivity contribution in [1.82, 2.24) is 19.7 Å². The molecule has 3 unspecified atom stereocenters. The van der Waals surface area contributed by atoms with Gasteiger partial charge in [0.15, 0.2) is 6.10 Å². The van der Waals surface area contributed by atoms with Crippen LogP contribution < -0.4 is 0 Å². The summed E-state index contributed by atoms with van der Waals surface area (Å²) in [5.74, 6) is 0.229. The lowest BCUT2D eigenvalue weighted by Gasteiger charge is -2.23. The topological polar surface area (TPSA) is 54.2 Å². The third-order valence-electron chi connectivity index (χ3n) is 4.25. The molecule has 0 spiro atoms. The third-order valence-corrected chi connectivity index (χ3v) is 4.25. The molecule has 3 rings (SSSR count). The van der Waals surface area contributed by atoms with Crippen LogP contribution in [0.4, 0.5) is 13.2 Å². The second-order valence-corrected chi connectivity index (χ2v) is 5.61. The van der Waals surface area contributed by atoms with Gasteiger partial charge in [0.1, 0.15) is 12.2 Å². The summed E-state index contributed by atoms with van der Waals surface area (Å²) < 4.78 is 39.4. The normalized spacial score (nSPS) is 28.8. The second kappa shape index (κ2) is 5.00. The Labute approximate surface area is 114 Å². The first-order chi connectivity index (χ1) is 9.45. The number of halogens is 3. The average Bonchev–Trinajstić information content (AvgIpc) is 3.06. The Bertz CT molecular complexity index is 476. The Hall–Kier alpha value is -1.15. The zero-order chi connectivity index (χ0) is 14.3. The van der Waals surface area contributed by atoms with E-state index in [1.165, 1.54) is 6.33 Å². The summed E-state index contributed by atoms with van der Waals surface area (Å²) in [6.45, 7) is 1.57. The van der Waals surface area contributed by atoms with E-state index >= 15 is 0 Å². The van der Waals surface area contributed by atoms with Gasteiger partial charge in [-0.1, -0.05) is 0 Å². The van der Waals surface area contributed by atoms with Crippen molar-refractivity contribution in [3.8, 4) is 0 Å². The highest BCUT2D eigenvalue weighted by molar-refractivity contribution is 4.97. The smallest absolute Gasteiger partial charge is 0.383 e. The van der Waals surface area contributed by atoms with E-state index in [1.807, 2.05) is 9.58 Å². The number of aliphatic hydroxyl groups is 1. The molecule has 0 amide bonds. The molecular weight excluding hydrogens is 273 g/mol. The molecule has 0 aliphatic carbocycles. The van der Waals surface area contributed by atoms with Crippen LogP contribution in [0.15, 0.2) is 6.33 Å². The molecule has 0 saturated carbocycles. The molecule has 5 nitrogen and oxygen atoms in total. The predicted molar refractivity (Wildman–Crippen MR) is 64.0 cm³/mol. The van der Waals surface area contributed by atoms with E-state index in [1.54, 1.807) is 0 Å². The zero-order valence-electron chi connectivity index (χ0n) is 10.9. The average molecular weight is 290 g/mol. The predicted octanol–water partition coefficient (Wildman–Crippen LogP) is 1.01. The minimum atomic E-state index is -4.52. The Morgan fingerprint density at radius 2 is 2.20 bits per heavy atom. The SMILES string of the molecule is OC(C1CCN(CC2CCc3ncnn32)C1)C(F)(F)F. The lowest BCUT2D eigenvalue weighted by atomic mass is 10.0. The number of aliphatic hydroxyl groups excluding tert-OH is 1. The summed E-state index contributed by atoms with van der Waals surface area (Å²) in [5, 5.41) is 13.5. The van der Waals surface area contributed by atoms with E-state index in [0.29, 0.717) is 26.1 Å². The molecule has 20 heavy (non-hydrogen) atoms. The molecule has 8 heteroatoms. The Kier molecular flexibility index (Phi) is 3.45. The van der Waals surface area contributed by atoms with Crippen molar-refractivity contribution in [2.24, 2.45) is 5.92 Å². The number of fused-ring (bicyclic) bond motifs is 1. The lowest BCUT2D eigenvalue weighted by molar-refractivity contribution is -0.218. The minimum absolute atomic E-state index is 0.189. The van der Waals surface area contributed by atoms with Gasteiger partial charge < -0.3 is 10.0 Å². The van der Waals surface area contributed by atoms with Crippen LogP contribution in [-0.4, -0.2) is 56.7 Å². The molecule has 0 radical (unpaired) electrons. The van der Waals surface area contributed by atoms with Gasteiger partial charge in [0.25, 0.3) is 0 Å². The van der Waals surface area contributed by atoms with Gasteiger partial charge >= 0.3 is 6.18 Å². The highest BCUT2D eigenvalue weighted by Crippen LogP contribution is 2.32. The molecule has 1 N–H and O–H groups in total. The highest BCUT2D eigenvalue weighted by Gasteiger charge is 2.45. The maximum atomic E-state index is 12.5. The Morgan fingerprint density at radius 3 is 2.95 bits per heavy atom. The number of nitrogens with zero attached hydrogens (tertiary/aromatic N) is 4. The van der Waals surface area contributed by atoms with Gasteiger partial charge in [0.05, 0.1) is 6.04 Å². The van der Waals surface area contributed by atoms with Gasteiger partial charge in [-0.25, -0.2) is 9.67 Å². The molecule has 3 heterocycles. The van der Waals surface area contributed by atoms with Crippen molar-refractivity contribution < 1.29 is 18.3 Å². The molecule has 2 aliphatic rings. The summed E-state index contributed by atoms with van der Waals surface area (Å²) >= 11 is 0. The van der Waals surface area contributed by atoms with Crippen LogP contribution in [0.1, 0.15) is 24.7 Å². The summed E-state index contributed by atoms with van der Waals surface area (Å²) in [5.41, 5.74) is 0. The van der Waals surface area contributed by atoms with E-state index in [9.17, 15) is 18.3 Å². The Morgan fingerprint density at radius 1 is 1.40 bits per heavy atom. The fourth-order valence-electron chi connectivity index (χ4n) is 3.20. The van der Waals surface area contributed by atoms with Crippen LogP contribution in [0.2, 0.25) is 0 Å². The van der Waals surface area contributed by atoms with Crippen molar-refractivity contribution in [2.75, 3.05) is 19.6 Å². The minimum Gasteiger partial charge on any atom is -0.383 e. The Balaban J connectivity index is 1.57. The molecule has 2 aliphatic heterocycles. The molecular formula is C12H17F3N4O. The van der Waals surface area contributed by atoms with Crippen molar-refractivity contribution in [1.29, 1.82) is 0 Å². The second-order valence-electron chi connectivity index (χ2n) is 5.61. The van der Waals surface area contributed by atoms with Gasteiger partial charge in [-0.3, -0.25) is 0 Å². The monoisotopic (exact) mass is 290 g/mol. The first-order valence-corrected chi connectivity index (χ1v) is 6.80. The number of aryl methyl sites for hydroxylation is 1. The standard InChI is InChI=1S/C12H17F3N4O/c13-12(14,15)11(20)8-3-4-18(5-8)6-9-1-2-10-16-7-17-19(9)10/h7-9,11,20H,1-6H2. The number of hydrogen-bond donors (Lipinski definition) is 1. The molecule has 3 atom stereocenters. The van der Waals surface area contributed by atoms with Crippen molar-refractivity contribution in [2.45, 2.75) is 37.6 Å². The summed E-state index contributed by atoms with van der Waals surface area (Å²) in [7, 11) is 0. The van der Waals surface area contributed by atoms with E-state index in [2.05, 4.69) is 10.1 Å². The van der Waals surface area contributed by atoms with E-state index in [4.69, 9.17) is 0 Å². The molecule has 0 bridgehead atoms. The van der Waals surface area contributed by atoms with Crippen LogP contribution in [0.3, 0.4) is 0 Å². The van der Waals surface area contributed by atoms with Gasteiger partial charge in [-0.05, 0) is 19.4 Å². The van der Waals surface area contributed by atoms with E-state index < -0.39 is 18.2 Å².